The summed E-state index contributed by atoms with van der Waals surface area (Å²) < 4.78 is 74.6. The highest BCUT2D eigenvalue weighted by atomic mass is 32.2. The molecule has 0 bridgehead atoms. The Bertz CT molecular complexity index is 1170. The first-order valence-electron chi connectivity index (χ1n) is 10.6. The predicted octanol–water partition coefficient (Wildman–Crippen LogP) is 3.22. The summed E-state index contributed by atoms with van der Waals surface area (Å²) in [7, 11) is -3.19. The van der Waals surface area contributed by atoms with Gasteiger partial charge in [-0.25, -0.2) is 12.7 Å². The molecule has 4 rings (SSSR count). The maximum Gasteiger partial charge on any atom is 0.416 e. The predicted molar refractivity (Wildman–Crippen MR) is 114 cm³/mol. The molecule has 0 radical (unpaired) electrons. The molecular weight excluding hydrogens is 461 g/mol. The minimum absolute atomic E-state index is 0.0869. The number of halogens is 3. The smallest absolute Gasteiger partial charge is 0.416 e. The summed E-state index contributed by atoms with van der Waals surface area (Å²) in [6, 6.07) is 5.08. The van der Waals surface area contributed by atoms with Gasteiger partial charge in [-0.3, -0.25) is 9.69 Å². The number of alkyl halides is 3. The molecule has 0 amide bonds. The van der Waals surface area contributed by atoms with Gasteiger partial charge in [0.15, 0.2) is 0 Å². The van der Waals surface area contributed by atoms with Crippen LogP contribution in [0.25, 0.3) is 0 Å². The normalized spacial score (nSPS) is 18.4. The quantitative estimate of drug-likeness (QED) is 0.624. The van der Waals surface area contributed by atoms with Gasteiger partial charge in [0.1, 0.15) is 12.0 Å². The van der Waals surface area contributed by atoms with Crippen LogP contribution in [0.1, 0.15) is 35.3 Å². The Hall–Kier alpha value is -2.37. The summed E-state index contributed by atoms with van der Waals surface area (Å²) in [5, 5.41) is 0. The topological polar surface area (TPSA) is 80.1 Å². The average molecular weight is 487 g/mol. The van der Waals surface area contributed by atoms with Crippen molar-refractivity contribution in [3.8, 4) is 5.75 Å². The zero-order chi connectivity index (χ0) is 23.8. The van der Waals surface area contributed by atoms with Crippen LogP contribution >= 0.6 is 0 Å². The zero-order valence-corrected chi connectivity index (χ0v) is 18.9. The molecule has 33 heavy (non-hydrogen) atoms. The van der Waals surface area contributed by atoms with Gasteiger partial charge in [0.2, 0.25) is 21.2 Å². The fourth-order valence-corrected chi connectivity index (χ4v) is 5.09. The van der Waals surface area contributed by atoms with E-state index in [1.165, 1.54) is 35.0 Å². The van der Waals surface area contributed by atoms with Crippen LogP contribution in [0.15, 0.2) is 39.7 Å². The zero-order valence-electron chi connectivity index (χ0n) is 18.1. The Kier molecular flexibility index (Phi) is 6.56. The number of hydrogen-bond donors (Lipinski definition) is 0. The third-order valence-corrected chi connectivity index (χ3v) is 7.37. The van der Waals surface area contributed by atoms with Crippen LogP contribution in [-0.4, -0.2) is 43.6 Å². The van der Waals surface area contributed by atoms with E-state index in [2.05, 4.69) is 0 Å². The number of piperidine rings is 1. The van der Waals surface area contributed by atoms with Gasteiger partial charge in [0.25, 0.3) is 0 Å². The van der Waals surface area contributed by atoms with Crippen LogP contribution in [0.4, 0.5) is 13.2 Å². The molecule has 0 aliphatic carbocycles. The number of nitrogens with zero attached hydrogens (tertiary/aromatic N) is 2. The lowest BCUT2D eigenvalue weighted by Gasteiger charge is -2.29. The molecule has 180 valence electrons. The Morgan fingerprint density at radius 3 is 2.45 bits per heavy atom. The highest BCUT2D eigenvalue weighted by Crippen LogP contribution is 2.33. The maximum absolute atomic E-state index is 12.9. The Morgan fingerprint density at radius 1 is 1.12 bits per heavy atom. The first kappa shape index (κ1) is 23.8. The van der Waals surface area contributed by atoms with Crippen LogP contribution < -0.4 is 10.2 Å². The Balaban J connectivity index is 1.31. The van der Waals surface area contributed by atoms with E-state index in [1.807, 2.05) is 4.90 Å². The van der Waals surface area contributed by atoms with E-state index in [9.17, 15) is 26.4 Å². The van der Waals surface area contributed by atoms with Crippen LogP contribution in [-0.2, 0) is 35.8 Å². The van der Waals surface area contributed by atoms with Crippen molar-refractivity contribution in [1.82, 2.24) is 9.21 Å². The molecule has 2 aliphatic rings. The number of fused-ring (bicyclic) bond motifs is 1. The molecule has 0 unspecified atom stereocenters. The van der Waals surface area contributed by atoms with Gasteiger partial charge in [-0.2, -0.15) is 13.2 Å². The Labute approximate surface area is 189 Å². The second-order valence-electron chi connectivity index (χ2n) is 8.62. The van der Waals surface area contributed by atoms with Crippen molar-refractivity contribution in [2.24, 2.45) is 5.92 Å². The van der Waals surface area contributed by atoms with Crippen LogP contribution in [0.3, 0.4) is 0 Å². The van der Waals surface area contributed by atoms with Gasteiger partial charge in [0, 0.05) is 32.2 Å². The van der Waals surface area contributed by atoms with Crippen molar-refractivity contribution in [3.63, 3.8) is 0 Å². The van der Waals surface area contributed by atoms with Crippen LogP contribution in [0, 0.1) is 5.92 Å². The largest absolute Gasteiger partial charge is 0.486 e. The highest BCUT2D eigenvalue weighted by molar-refractivity contribution is 7.88. The molecule has 1 aromatic carbocycles. The fraction of sp³-hybridized carbons (Fsp3) is 0.500. The summed E-state index contributed by atoms with van der Waals surface area (Å²) in [6.07, 6.45) is -0.620. The van der Waals surface area contributed by atoms with E-state index >= 15 is 0 Å². The molecule has 2 aliphatic heterocycles. The number of hydrogen-bond acceptors (Lipinski definition) is 6. The summed E-state index contributed by atoms with van der Waals surface area (Å²) in [5.41, 5.74) is 0.445. The standard InChI is InChI=1S/C22H25F3N2O5S/c1-33(29,30)27-6-4-15(5-7-27)13-32-21-14-31-19(9-20(21)28)12-26-10-16-2-3-18(22(23,24)25)8-17(16)11-26/h2-3,8-9,14-15H,4-7,10-13H2,1H3. The number of ether oxygens (including phenoxy) is 1. The molecule has 7 nitrogen and oxygen atoms in total. The monoisotopic (exact) mass is 486 g/mol. The SMILES string of the molecule is CS(=O)(=O)N1CCC(COc2coc(CN3Cc4ccc(C(F)(F)F)cc4C3)cc2=O)CC1. The first-order chi connectivity index (χ1) is 15.5. The van der Waals surface area contributed by atoms with Crippen molar-refractivity contribution in [2.45, 2.75) is 38.7 Å². The second kappa shape index (κ2) is 9.11. The first-order valence-corrected chi connectivity index (χ1v) is 12.4. The maximum atomic E-state index is 12.9. The molecule has 1 fully saturated rings. The summed E-state index contributed by atoms with van der Waals surface area (Å²) in [5.74, 6) is 0.633. The average Bonchev–Trinajstić information content (AvgIpc) is 3.13. The van der Waals surface area contributed by atoms with Crippen molar-refractivity contribution in [3.05, 3.63) is 63.2 Å². The Morgan fingerprint density at radius 2 is 1.82 bits per heavy atom. The minimum atomic E-state index is -4.38. The van der Waals surface area contributed by atoms with E-state index in [-0.39, 0.29) is 23.6 Å². The van der Waals surface area contributed by atoms with Crippen molar-refractivity contribution in [2.75, 3.05) is 26.0 Å². The second-order valence-corrected chi connectivity index (χ2v) is 10.6. The lowest BCUT2D eigenvalue weighted by Crippen LogP contribution is -2.39. The van der Waals surface area contributed by atoms with E-state index in [1.54, 1.807) is 0 Å². The highest BCUT2D eigenvalue weighted by Gasteiger charge is 2.32. The van der Waals surface area contributed by atoms with E-state index in [0.717, 1.165) is 11.6 Å². The molecule has 0 atom stereocenters. The minimum Gasteiger partial charge on any atom is -0.486 e. The van der Waals surface area contributed by atoms with Gasteiger partial charge in [-0.15, -0.1) is 0 Å². The fourth-order valence-electron chi connectivity index (χ4n) is 4.22. The van der Waals surface area contributed by atoms with E-state index in [0.29, 0.717) is 57.0 Å². The van der Waals surface area contributed by atoms with Crippen molar-refractivity contribution in [1.29, 1.82) is 0 Å². The molecule has 0 spiro atoms. The third kappa shape index (κ3) is 5.77. The van der Waals surface area contributed by atoms with Gasteiger partial charge in [-0.1, -0.05) is 6.07 Å². The van der Waals surface area contributed by atoms with Crippen molar-refractivity contribution < 1.29 is 30.7 Å². The van der Waals surface area contributed by atoms with Crippen LogP contribution in [0.2, 0.25) is 0 Å². The number of sulfonamides is 1. The van der Waals surface area contributed by atoms with Gasteiger partial charge < -0.3 is 9.15 Å². The lowest BCUT2D eigenvalue weighted by atomic mass is 9.99. The summed E-state index contributed by atoms with van der Waals surface area (Å²) in [6.45, 7) is 2.27. The van der Waals surface area contributed by atoms with Gasteiger partial charge >= 0.3 is 6.18 Å². The molecule has 1 aromatic heterocycles. The van der Waals surface area contributed by atoms with Crippen LogP contribution in [0.5, 0.6) is 5.75 Å². The molecule has 1 saturated heterocycles. The number of benzene rings is 1. The molecule has 0 N–H and O–H groups in total. The van der Waals surface area contributed by atoms with Gasteiger partial charge in [-0.05, 0) is 42.0 Å². The molecular formula is C22H25F3N2O5S. The van der Waals surface area contributed by atoms with E-state index in [4.69, 9.17) is 9.15 Å². The molecule has 0 saturated carbocycles. The van der Waals surface area contributed by atoms with Gasteiger partial charge in [0.05, 0.1) is 25.0 Å². The number of rotatable bonds is 6. The molecule has 3 heterocycles. The van der Waals surface area contributed by atoms with E-state index < -0.39 is 21.8 Å². The molecule has 11 heteroatoms. The van der Waals surface area contributed by atoms with Crippen molar-refractivity contribution >= 4 is 10.0 Å². The summed E-state index contributed by atoms with van der Waals surface area (Å²) >= 11 is 0. The lowest BCUT2D eigenvalue weighted by molar-refractivity contribution is -0.137. The third-order valence-electron chi connectivity index (χ3n) is 6.07. The summed E-state index contributed by atoms with van der Waals surface area (Å²) in [4.78, 5) is 14.3. The molecule has 2 aromatic rings.